The second kappa shape index (κ2) is 5.28. The van der Waals surface area contributed by atoms with Crippen molar-refractivity contribution in [3.63, 3.8) is 0 Å². The summed E-state index contributed by atoms with van der Waals surface area (Å²) in [7, 11) is 0. The molecule has 1 aromatic carbocycles. The molecule has 1 fully saturated rings. The van der Waals surface area contributed by atoms with E-state index < -0.39 is 0 Å². The third-order valence-corrected chi connectivity index (χ3v) is 3.61. The average Bonchev–Trinajstić information content (AvgIpc) is 3.07. The summed E-state index contributed by atoms with van der Waals surface area (Å²) in [5, 5.41) is 0.846. The molecule has 0 radical (unpaired) electrons. The van der Waals surface area contributed by atoms with E-state index in [4.69, 9.17) is 17.3 Å². The summed E-state index contributed by atoms with van der Waals surface area (Å²) in [6.45, 7) is 5.27. The Morgan fingerprint density at radius 1 is 1.47 bits per heavy atom. The number of hydrogen-bond donors (Lipinski definition) is 1. The monoisotopic (exact) mass is 252 g/mol. The first-order chi connectivity index (χ1) is 8.13. The van der Waals surface area contributed by atoms with Crippen molar-refractivity contribution in [3.8, 4) is 0 Å². The van der Waals surface area contributed by atoms with E-state index in [9.17, 15) is 0 Å². The molecule has 0 saturated heterocycles. The Bertz CT molecular complexity index is 386. The average molecular weight is 253 g/mol. The van der Waals surface area contributed by atoms with Gasteiger partial charge in [0.15, 0.2) is 0 Å². The molecule has 2 nitrogen and oxygen atoms in total. The molecule has 1 atom stereocenters. The van der Waals surface area contributed by atoms with Crippen molar-refractivity contribution >= 4 is 17.3 Å². The molecule has 0 spiro atoms. The minimum Gasteiger partial charge on any atom is -0.369 e. The Hall–Kier alpha value is -0.730. The van der Waals surface area contributed by atoms with Gasteiger partial charge in [-0.1, -0.05) is 17.7 Å². The standard InChI is InChI=1S/C14H21ClN2/c1-3-17(11-7-8-11)14-6-4-5-13(15)12(14)9-10(2)16/h4-6,10-11H,3,7-9,16H2,1-2H3. The smallest absolute Gasteiger partial charge is 0.0459 e. The van der Waals surface area contributed by atoms with Gasteiger partial charge in [-0.3, -0.25) is 0 Å². The van der Waals surface area contributed by atoms with Crippen molar-refractivity contribution in [3.05, 3.63) is 28.8 Å². The van der Waals surface area contributed by atoms with Crippen LogP contribution in [0.3, 0.4) is 0 Å². The fourth-order valence-corrected chi connectivity index (χ4v) is 2.60. The lowest BCUT2D eigenvalue weighted by atomic mass is 10.0. The molecule has 1 aliphatic carbocycles. The van der Waals surface area contributed by atoms with Gasteiger partial charge >= 0.3 is 0 Å². The van der Waals surface area contributed by atoms with Crippen molar-refractivity contribution in [2.75, 3.05) is 11.4 Å². The number of hydrogen-bond acceptors (Lipinski definition) is 2. The van der Waals surface area contributed by atoms with Crippen LogP contribution in [0.15, 0.2) is 18.2 Å². The van der Waals surface area contributed by atoms with Gasteiger partial charge in [0.2, 0.25) is 0 Å². The van der Waals surface area contributed by atoms with Gasteiger partial charge in [-0.25, -0.2) is 0 Å². The van der Waals surface area contributed by atoms with Gasteiger partial charge in [-0.15, -0.1) is 0 Å². The van der Waals surface area contributed by atoms with Crippen molar-refractivity contribution in [1.82, 2.24) is 0 Å². The molecule has 17 heavy (non-hydrogen) atoms. The number of nitrogens with zero attached hydrogens (tertiary/aromatic N) is 1. The molecular weight excluding hydrogens is 232 g/mol. The van der Waals surface area contributed by atoms with Crippen LogP contribution in [-0.2, 0) is 6.42 Å². The van der Waals surface area contributed by atoms with Gasteiger partial charge in [-0.05, 0) is 50.8 Å². The highest BCUT2D eigenvalue weighted by molar-refractivity contribution is 6.31. The maximum Gasteiger partial charge on any atom is 0.0459 e. The normalized spacial score (nSPS) is 16.9. The predicted octanol–water partition coefficient (Wildman–Crippen LogP) is 3.22. The van der Waals surface area contributed by atoms with Crippen LogP contribution in [0, 0.1) is 0 Å². The third-order valence-electron chi connectivity index (χ3n) is 3.26. The third kappa shape index (κ3) is 2.93. The van der Waals surface area contributed by atoms with Crippen LogP contribution in [0.5, 0.6) is 0 Å². The lowest BCUT2D eigenvalue weighted by Crippen LogP contribution is -2.28. The number of benzene rings is 1. The highest BCUT2D eigenvalue weighted by atomic mass is 35.5. The van der Waals surface area contributed by atoms with Gasteiger partial charge < -0.3 is 10.6 Å². The number of halogens is 1. The molecule has 0 amide bonds. The van der Waals surface area contributed by atoms with Gasteiger partial charge in [0.25, 0.3) is 0 Å². The van der Waals surface area contributed by atoms with E-state index in [1.807, 2.05) is 19.1 Å². The summed E-state index contributed by atoms with van der Waals surface area (Å²) in [5.74, 6) is 0. The molecule has 1 unspecified atom stereocenters. The summed E-state index contributed by atoms with van der Waals surface area (Å²) in [6.07, 6.45) is 3.45. The molecule has 0 bridgehead atoms. The van der Waals surface area contributed by atoms with Gasteiger partial charge in [-0.2, -0.15) is 0 Å². The second-order valence-electron chi connectivity index (χ2n) is 4.94. The largest absolute Gasteiger partial charge is 0.369 e. The van der Waals surface area contributed by atoms with Crippen LogP contribution in [0.25, 0.3) is 0 Å². The highest BCUT2D eigenvalue weighted by Crippen LogP contribution is 2.36. The van der Waals surface area contributed by atoms with Crippen molar-refractivity contribution in [2.24, 2.45) is 5.73 Å². The van der Waals surface area contributed by atoms with Crippen molar-refractivity contribution in [1.29, 1.82) is 0 Å². The lowest BCUT2D eigenvalue weighted by molar-refractivity contribution is 0.729. The van der Waals surface area contributed by atoms with E-state index in [1.54, 1.807) is 0 Å². The molecule has 0 heterocycles. The van der Waals surface area contributed by atoms with Gasteiger partial charge in [0, 0.05) is 29.3 Å². The van der Waals surface area contributed by atoms with Crippen LogP contribution < -0.4 is 10.6 Å². The van der Waals surface area contributed by atoms with Crippen LogP contribution in [0.4, 0.5) is 5.69 Å². The molecule has 94 valence electrons. The fraction of sp³-hybridized carbons (Fsp3) is 0.571. The molecule has 2 rings (SSSR count). The molecule has 1 saturated carbocycles. The zero-order chi connectivity index (χ0) is 12.4. The first-order valence-corrected chi connectivity index (χ1v) is 6.81. The Morgan fingerprint density at radius 2 is 2.18 bits per heavy atom. The topological polar surface area (TPSA) is 29.3 Å². The molecule has 0 aliphatic heterocycles. The molecule has 1 aliphatic rings. The summed E-state index contributed by atoms with van der Waals surface area (Å²) in [5.41, 5.74) is 8.40. The predicted molar refractivity (Wildman–Crippen MR) is 74.8 cm³/mol. The van der Waals surface area contributed by atoms with Crippen LogP contribution >= 0.6 is 11.6 Å². The maximum absolute atomic E-state index is 6.32. The van der Waals surface area contributed by atoms with E-state index in [0.717, 1.165) is 18.0 Å². The van der Waals surface area contributed by atoms with Crippen molar-refractivity contribution in [2.45, 2.75) is 45.2 Å². The summed E-state index contributed by atoms with van der Waals surface area (Å²) in [6, 6.07) is 7.03. The maximum atomic E-state index is 6.32. The van der Waals surface area contributed by atoms with E-state index in [2.05, 4.69) is 17.9 Å². The van der Waals surface area contributed by atoms with Gasteiger partial charge in [0.1, 0.15) is 0 Å². The Balaban J connectivity index is 2.33. The molecular formula is C14H21ClN2. The van der Waals surface area contributed by atoms with E-state index in [0.29, 0.717) is 6.04 Å². The van der Waals surface area contributed by atoms with E-state index >= 15 is 0 Å². The Morgan fingerprint density at radius 3 is 2.71 bits per heavy atom. The SMILES string of the molecule is CCN(c1cccc(Cl)c1CC(C)N)C1CC1. The first-order valence-electron chi connectivity index (χ1n) is 6.43. The van der Waals surface area contributed by atoms with E-state index in [1.165, 1.54) is 24.1 Å². The Labute approximate surface area is 109 Å². The Kier molecular flexibility index (Phi) is 3.95. The fourth-order valence-electron chi connectivity index (χ4n) is 2.35. The van der Waals surface area contributed by atoms with Crippen molar-refractivity contribution < 1.29 is 0 Å². The minimum absolute atomic E-state index is 0.145. The van der Waals surface area contributed by atoms with Crippen LogP contribution in [0.2, 0.25) is 5.02 Å². The molecule has 1 aromatic rings. The summed E-state index contributed by atoms with van der Waals surface area (Å²) in [4.78, 5) is 2.46. The van der Waals surface area contributed by atoms with Crippen LogP contribution in [0.1, 0.15) is 32.3 Å². The highest BCUT2D eigenvalue weighted by Gasteiger charge is 2.29. The number of anilines is 1. The zero-order valence-electron chi connectivity index (χ0n) is 10.6. The second-order valence-corrected chi connectivity index (χ2v) is 5.34. The first kappa shape index (κ1) is 12.7. The molecule has 3 heteroatoms. The van der Waals surface area contributed by atoms with E-state index in [-0.39, 0.29) is 6.04 Å². The molecule has 2 N–H and O–H groups in total. The number of rotatable bonds is 5. The number of nitrogens with two attached hydrogens (primary N) is 1. The quantitative estimate of drug-likeness (QED) is 0.872. The minimum atomic E-state index is 0.145. The zero-order valence-corrected chi connectivity index (χ0v) is 11.4. The molecule has 0 aromatic heterocycles. The summed E-state index contributed by atoms with van der Waals surface area (Å²) >= 11 is 6.32. The van der Waals surface area contributed by atoms with Gasteiger partial charge in [0.05, 0.1) is 0 Å². The lowest BCUT2D eigenvalue weighted by Gasteiger charge is -2.26. The van der Waals surface area contributed by atoms with Crippen LogP contribution in [-0.4, -0.2) is 18.6 Å². The summed E-state index contributed by atoms with van der Waals surface area (Å²) < 4.78 is 0.